The summed E-state index contributed by atoms with van der Waals surface area (Å²) in [6.07, 6.45) is 6.00. The molecule has 3 amide bonds. The number of carbonyl (C=O) groups excluding carboxylic acids is 2. The smallest absolute Gasteiger partial charge is 0.328 e. The zero-order chi connectivity index (χ0) is 16.6. The van der Waals surface area contributed by atoms with Crippen LogP contribution < -0.4 is 15.5 Å². The van der Waals surface area contributed by atoms with Crippen LogP contribution >= 0.6 is 0 Å². The Balaban J connectivity index is 1.54. The van der Waals surface area contributed by atoms with Gasteiger partial charge in [0, 0.05) is 6.54 Å². The number of urea groups is 1. The fourth-order valence-corrected chi connectivity index (χ4v) is 4.57. The molecule has 4 rings (SSSR count). The highest BCUT2D eigenvalue weighted by Gasteiger charge is 2.53. The van der Waals surface area contributed by atoms with E-state index in [4.69, 9.17) is 0 Å². The minimum atomic E-state index is -0.456. The van der Waals surface area contributed by atoms with Crippen LogP contribution in [-0.4, -0.2) is 31.6 Å². The predicted molar refractivity (Wildman–Crippen MR) is 93.1 cm³/mol. The second kappa shape index (κ2) is 6.20. The average Bonchev–Trinajstić information content (AvgIpc) is 3.20. The Morgan fingerprint density at radius 3 is 2.67 bits per heavy atom. The van der Waals surface area contributed by atoms with Crippen LogP contribution in [0.5, 0.6) is 0 Å². The maximum absolute atomic E-state index is 13.1. The monoisotopic (exact) mass is 327 g/mol. The first-order chi connectivity index (χ1) is 11.7. The number of hydrogen-bond acceptors (Lipinski definition) is 3. The van der Waals surface area contributed by atoms with Crippen molar-refractivity contribution >= 4 is 17.6 Å². The van der Waals surface area contributed by atoms with Crippen molar-refractivity contribution in [3.05, 3.63) is 29.8 Å². The second-order valence-electron chi connectivity index (χ2n) is 7.33. The summed E-state index contributed by atoms with van der Waals surface area (Å²) in [5.41, 5.74) is 1.37. The summed E-state index contributed by atoms with van der Waals surface area (Å²) in [6, 6.07) is 7.56. The first-order valence-electron chi connectivity index (χ1n) is 9.15. The standard InChI is InChI=1S/C19H25N3O2/c23-17-19(9-3-4-10-19)15-5-1-2-6-16(15)22(17)18(24)21-13-14-7-11-20-12-8-14/h1-2,5-6,14,20H,3-4,7-13H2,(H,21,24). The molecular weight excluding hydrogens is 302 g/mol. The van der Waals surface area contributed by atoms with Crippen LogP contribution in [0.1, 0.15) is 44.1 Å². The summed E-state index contributed by atoms with van der Waals surface area (Å²) in [5.74, 6) is 0.479. The second-order valence-corrected chi connectivity index (χ2v) is 7.33. The third-order valence-corrected chi connectivity index (χ3v) is 5.93. The van der Waals surface area contributed by atoms with Gasteiger partial charge in [-0.25, -0.2) is 9.69 Å². The summed E-state index contributed by atoms with van der Waals surface area (Å²) >= 11 is 0. The van der Waals surface area contributed by atoms with Gasteiger partial charge in [0.15, 0.2) is 0 Å². The van der Waals surface area contributed by atoms with E-state index >= 15 is 0 Å². The van der Waals surface area contributed by atoms with E-state index in [2.05, 4.69) is 10.6 Å². The molecular formula is C19H25N3O2. The maximum Gasteiger partial charge on any atom is 0.328 e. The van der Waals surface area contributed by atoms with Crippen molar-refractivity contribution in [2.45, 2.75) is 43.9 Å². The lowest BCUT2D eigenvalue weighted by Gasteiger charge is -2.25. The van der Waals surface area contributed by atoms with Crippen LogP contribution in [-0.2, 0) is 10.2 Å². The van der Waals surface area contributed by atoms with E-state index in [1.807, 2.05) is 24.3 Å². The first kappa shape index (κ1) is 15.6. The number of amides is 3. The van der Waals surface area contributed by atoms with Gasteiger partial charge in [-0.2, -0.15) is 0 Å². The van der Waals surface area contributed by atoms with E-state index < -0.39 is 5.41 Å². The molecule has 1 aromatic rings. The minimum Gasteiger partial charge on any atom is -0.337 e. The molecule has 1 spiro atoms. The molecule has 5 nitrogen and oxygen atoms in total. The highest BCUT2D eigenvalue weighted by molar-refractivity contribution is 6.22. The third-order valence-electron chi connectivity index (χ3n) is 5.93. The predicted octanol–water partition coefficient (Wildman–Crippen LogP) is 2.55. The molecule has 1 saturated carbocycles. The molecule has 0 aromatic heterocycles. The maximum atomic E-state index is 13.1. The summed E-state index contributed by atoms with van der Waals surface area (Å²) in [4.78, 5) is 27.3. The molecule has 1 aliphatic carbocycles. The normalized spacial score (nSPS) is 22.8. The van der Waals surface area contributed by atoms with Crippen molar-refractivity contribution in [1.82, 2.24) is 10.6 Å². The fraction of sp³-hybridized carbons (Fsp3) is 0.579. The number of hydrogen-bond donors (Lipinski definition) is 2. The van der Waals surface area contributed by atoms with E-state index in [1.54, 1.807) is 0 Å². The quantitative estimate of drug-likeness (QED) is 0.877. The lowest BCUT2D eigenvalue weighted by atomic mass is 9.80. The molecule has 2 aliphatic heterocycles. The van der Waals surface area contributed by atoms with Crippen LogP contribution in [0.3, 0.4) is 0 Å². The summed E-state index contributed by atoms with van der Waals surface area (Å²) in [5, 5.41) is 6.34. The molecule has 5 heteroatoms. The molecule has 2 fully saturated rings. The van der Waals surface area contributed by atoms with Gasteiger partial charge in [-0.05, 0) is 56.3 Å². The van der Waals surface area contributed by atoms with Gasteiger partial charge in [0.25, 0.3) is 0 Å². The van der Waals surface area contributed by atoms with Gasteiger partial charge in [0.2, 0.25) is 5.91 Å². The molecule has 3 aliphatic rings. The molecule has 2 N–H and O–H groups in total. The summed E-state index contributed by atoms with van der Waals surface area (Å²) in [6.45, 7) is 2.67. The molecule has 1 aromatic carbocycles. The molecule has 24 heavy (non-hydrogen) atoms. The summed E-state index contributed by atoms with van der Waals surface area (Å²) in [7, 11) is 0. The molecule has 1 saturated heterocycles. The zero-order valence-electron chi connectivity index (χ0n) is 14.0. The van der Waals surface area contributed by atoms with Gasteiger partial charge in [0.05, 0.1) is 11.1 Å². The number of carbonyl (C=O) groups is 2. The van der Waals surface area contributed by atoms with Crippen LogP contribution in [0, 0.1) is 5.92 Å². The Kier molecular flexibility index (Phi) is 4.04. The zero-order valence-corrected chi connectivity index (χ0v) is 14.0. The number of rotatable bonds is 2. The van der Waals surface area contributed by atoms with Crippen molar-refractivity contribution in [2.24, 2.45) is 5.92 Å². The number of nitrogens with zero attached hydrogens (tertiary/aromatic N) is 1. The number of nitrogens with one attached hydrogen (secondary N) is 2. The Morgan fingerprint density at radius 2 is 1.92 bits per heavy atom. The van der Waals surface area contributed by atoms with Crippen LogP contribution in [0.15, 0.2) is 24.3 Å². The van der Waals surface area contributed by atoms with Gasteiger partial charge in [0.1, 0.15) is 0 Å². The Morgan fingerprint density at radius 1 is 1.21 bits per heavy atom. The van der Waals surface area contributed by atoms with Gasteiger partial charge in [-0.15, -0.1) is 0 Å². The third kappa shape index (κ3) is 2.42. The lowest BCUT2D eigenvalue weighted by Crippen LogP contribution is -2.48. The average molecular weight is 327 g/mol. The number of piperidine rings is 1. The minimum absolute atomic E-state index is 0.0241. The van der Waals surface area contributed by atoms with E-state index in [-0.39, 0.29) is 11.9 Å². The molecule has 0 radical (unpaired) electrons. The van der Waals surface area contributed by atoms with Gasteiger partial charge in [-0.3, -0.25) is 4.79 Å². The van der Waals surface area contributed by atoms with E-state index in [0.29, 0.717) is 12.5 Å². The highest BCUT2D eigenvalue weighted by Crippen LogP contribution is 2.51. The van der Waals surface area contributed by atoms with Crippen molar-refractivity contribution in [1.29, 1.82) is 0 Å². The first-order valence-corrected chi connectivity index (χ1v) is 9.15. The number of anilines is 1. The number of para-hydroxylation sites is 1. The molecule has 128 valence electrons. The van der Waals surface area contributed by atoms with Gasteiger partial charge in [-0.1, -0.05) is 31.0 Å². The van der Waals surface area contributed by atoms with Crippen molar-refractivity contribution in [3.8, 4) is 0 Å². The van der Waals surface area contributed by atoms with Crippen LogP contribution in [0.25, 0.3) is 0 Å². The Labute approximate surface area is 142 Å². The van der Waals surface area contributed by atoms with E-state index in [1.165, 1.54) is 4.90 Å². The van der Waals surface area contributed by atoms with Gasteiger partial charge < -0.3 is 10.6 Å². The number of fused-ring (bicyclic) bond motifs is 2. The van der Waals surface area contributed by atoms with Crippen molar-refractivity contribution < 1.29 is 9.59 Å². The number of benzene rings is 1. The molecule has 0 unspecified atom stereocenters. The number of imide groups is 1. The molecule has 0 bridgehead atoms. The molecule has 0 atom stereocenters. The van der Waals surface area contributed by atoms with Gasteiger partial charge >= 0.3 is 6.03 Å². The van der Waals surface area contributed by atoms with E-state index in [0.717, 1.165) is 62.9 Å². The SMILES string of the molecule is O=C(NCC1CCNCC1)N1C(=O)C2(CCCC2)c2ccccc21. The Bertz CT molecular complexity index is 646. The Hall–Kier alpha value is -1.88. The fourth-order valence-electron chi connectivity index (χ4n) is 4.57. The van der Waals surface area contributed by atoms with Crippen molar-refractivity contribution in [2.75, 3.05) is 24.5 Å². The van der Waals surface area contributed by atoms with E-state index in [9.17, 15) is 9.59 Å². The van der Waals surface area contributed by atoms with Crippen LogP contribution in [0.4, 0.5) is 10.5 Å². The van der Waals surface area contributed by atoms with Crippen LogP contribution in [0.2, 0.25) is 0 Å². The summed E-state index contributed by atoms with van der Waals surface area (Å²) < 4.78 is 0. The largest absolute Gasteiger partial charge is 0.337 e. The highest BCUT2D eigenvalue weighted by atomic mass is 16.2. The molecule has 2 heterocycles. The lowest BCUT2D eigenvalue weighted by molar-refractivity contribution is -0.122. The van der Waals surface area contributed by atoms with Crippen molar-refractivity contribution in [3.63, 3.8) is 0 Å². The topological polar surface area (TPSA) is 61.4 Å².